The summed E-state index contributed by atoms with van der Waals surface area (Å²) >= 11 is 0. The molecule has 4 atom stereocenters. The summed E-state index contributed by atoms with van der Waals surface area (Å²) in [7, 11) is 1.69. The maximum absolute atomic E-state index is 13.4. The maximum Gasteiger partial charge on any atom is 0.416 e. The number of hydrogen-bond acceptors (Lipinski definition) is 4. The van der Waals surface area contributed by atoms with Crippen molar-refractivity contribution in [2.24, 2.45) is 5.41 Å². The van der Waals surface area contributed by atoms with Gasteiger partial charge in [0.15, 0.2) is 0 Å². The van der Waals surface area contributed by atoms with Crippen LogP contribution in [0.15, 0.2) is 18.2 Å². The molecule has 3 aliphatic rings. The van der Waals surface area contributed by atoms with Gasteiger partial charge in [-0.3, -0.25) is 4.79 Å². The molecular formula is C23H31F3N2O3. The van der Waals surface area contributed by atoms with Gasteiger partial charge in [-0.2, -0.15) is 13.2 Å². The molecule has 2 heterocycles. The third kappa shape index (κ3) is 4.76. The quantitative estimate of drug-likeness (QED) is 0.778. The van der Waals surface area contributed by atoms with Gasteiger partial charge in [0.1, 0.15) is 0 Å². The third-order valence-electron chi connectivity index (χ3n) is 7.15. The molecule has 31 heavy (non-hydrogen) atoms. The van der Waals surface area contributed by atoms with Gasteiger partial charge in [-0.1, -0.05) is 13.0 Å². The number of fused-ring (bicyclic) bond motifs is 1. The molecule has 5 nitrogen and oxygen atoms in total. The first-order chi connectivity index (χ1) is 14.7. The molecule has 172 valence electrons. The molecule has 4 rings (SSSR count). The number of carbonyl (C=O) groups is 1. The highest BCUT2D eigenvalue weighted by Crippen LogP contribution is 2.41. The van der Waals surface area contributed by atoms with E-state index in [-0.39, 0.29) is 30.6 Å². The molecular weight excluding hydrogens is 409 g/mol. The number of carbonyl (C=O) groups excluding carboxylic acids is 1. The Morgan fingerprint density at radius 1 is 1.29 bits per heavy atom. The molecule has 1 amide bonds. The Morgan fingerprint density at radius 3 is 2.84 bits per heavy atom. The van der Waals surface area contributed by atoms with E-state index in [4.69, 9.17) is 9.47 Å². The molecule has 8 heteroatoms. The number of amides is 1. The van der Waals surface area contributed by atoms with E-state index in [0.29, 0.717) is 31.7 Å². The van der Waals surface area contributed by atoms with E-state index in [2.05, 4.69) is 5.32 Å². The van der Waals surface area contributed by atoms with Crippen LogP contribution >= 0.6 is 0 Å². The minimum Gasteiger partial charge on any atom is -0.379 e. The van der Waals surface area contributed by atoms with Crippen LogP contribution in [0.25, 0.3) is 0 Å². The van der Waals surface area contributed by atoms with Gasteiger partial charge in [-0.25, -0.2) is 0 Å². The highest BCUT2D eigenvalue weighted by atomic mass is 19.4. The average molecular weight is 441 g/mol. The molecule has 0 aromatic heterocycles. The van der Waals surface area contributed by atoms with Crippen LogP contribution in [0.3, 0.4) is 0 Å². The summed E-state index contributed by atoms with van der Waals surface area (Å²) in [6.45, 7) is 4.07. The molecule has 2 aliphatic heterocycles. The normalized spacial score (nSPS) is 31.5. The number of rotatable bonds is 4. The van der Waals surface area contributed by atoms with E-state index in [9.17, 15) is 18.0 Å². The van der Waals surface area contributed by atoms with E-state index in [1.54, 1.807) is 18.1 Å². The molecule has 1 N–H and O–H groups in total. The third-order valence-corrected chi connectivity index (χ3v) is 7.15. The minimum absolute atomic E-state index is 0.0118. The SMILES string of the molecule is COC1COCCC1NC1CCC(C)(C(=O)N2CCc3ccc(C(F)(F)F)cc3C2)C1. The molecule has 1 saturated carbocycles. The molecule has 1 aromatic rings. The van der Waals surface area contributed by atoms with Crippen LogP contribution in [0.4, 0.5) is 13.2 Å². The van der Waals surface area contributed by atoms with E-state index >= 15 is 0 Å². The van der Waals surface area contributed by atoms with Crippen molar-refractivity contribution in [3.63, 3.8) is 0 Å². The van der Waals surface area contributed by atoms with Crippen LogP contribution in [0.2, 0.25) is 0 Å². The van der Waals surface area contributed by atoms with Crippen LogP contribution in [-0.4, -0.2) is 55.9 Å². The molecule has 0 radical (unpaired) electrons. The number of hydrogen-bond donors (Lipinski definition) is 1. The first kappa shape index (κ1) is 22.6. The largest absolute Gasteiger partial charge is 0.416 e. The molecule has 1 aliphatic carbocycles. The molecule has 1 aromatic carbocycles. The number of ether oxygens (including phenoxy) is 2. The number of nitrogens with zero attached hydrogens (tertiary/aromatic N) is 1. The van der Waals surface area contributed by atoms with Crippen molar-refractivity contribution in [2.45, 2.75) is 69.9 Å². The topological polar surface area (TPSA) is 50.8 Å². The Hall–Kier alpha value is -1.64. The van der Waals surface area contributed by atoms with Crippen LogP contribution in [0.5, 0.6) is 0 Å². The van der Waals surface area contributed by atoms with Gasteiger partial charge < -0.3 is 19.7 Å². The number of halogens is 3. The summed E-state index contributed by atoms with van der Waals surface area (Å²) in [6.07, 6.45) is -0.487. The van der Waals surface area contributed by atoms with E-state index in [0.717, 1.165) is 37.3 Å². The maximum atomic E-state index is 13.4. The lowest BCUT2D eigenvalue weighted by Gasteiger charge is -2.36. The Labute approximate surface area is 181 Å². The number of alkyl halides is 3. The van der Waals surface area contributed by atoms with E-state index < -0.39 is 17.2 Å². The van der Waals surface area contributed by atoms with Gasteiger partial charge in [-0.15, -0.1) is 0 Å². The van der Waals surface area contributed by atoms with Gasteiger partial charge in [0.25, 0.3) is 0 Å². The van der Waals surface area contributed by atoms with E-state index in [1.807, 2.05) is 6.92 Å². The van der Waals surface area contributed by atoms with Crippen molar-refractivity contribution < 1.29 is 27.4 Å². The predicted octanol–water partition coefficient (Wildman–Crippen LogP) is 3.54. The Morgan fingerprint density at radius 2 is 2.10 bits per heavy atom. The van der Waals surface area contributed by atoms with Crippen molar-refractivity contribution in [1.29, 1.82) is 0 Å². The van der Waals surface area contributed by atoms with Crippen LogP contribution in [-0.2, 0) is 33.4 Å². The molecule has 1 saturated heterocycles. The van der Waals surface area contributed by atoms with E-state index in [1.165, 1.54) is 6.07 Å². The van der Waals surface area contributed by atoms with Gasteiger partial charge >= 0.3 is 6.18 Å². The second-order valence-corrected chi connectivity index (χ2v) is 9.37. The van der Waals surface area contributed by atoms with Crippen molar-refractivity contribution in [3.8, 4) is 0 Å². The Balaban J connectivity index is 1.40. The fourth-order valence-corrected chi connectivity index (χ4v) is 5.30. The highest BCUT2D eigenvalue weighted by Gasteiger charge is 2.45. The lowest BCUT2D eigenvalue weighted by molar-refractivity contribution is -0.142. The summed E-state index contributed by atoms with van der Waals surface area (Å²) in [5.74, 6) is 0.0510. The first-order valence-electron chi connectivity index (χ1n) is 11.0. The second-order valence-electron chi connectivity index (χ2n) is 9.37. The monoisotopic (exact) mass is 440 g/mol. The number of nitrogens with one attached hydrogen (secondary N) is 1. The highest BCUT2D eigenvalue weighted by molar-refractivity contribution is 5.83. The zero-order valence-electron chi connectivity index (χ0n) is 18.1. The molecule has 2 fully saturated rings. The van der Waals surface area contributed by atoms with Gasteiger partial charge in [0.05, 0.1) is 18.3 Å². The fourth-order valence-electron chi connectivity index (χ4n) is 5.30. The lowest BCUT2D eigenvalue weighted by Crippen LogP contribution is -2.51. The molecule has 0 bridgehead atoms. The second kappa shape index (κ2) is 8.71. The summed E-state index contributed by atoms with van der Waals surface area (Å²) in [4.78, 5) is 15.2. The van der Waals surface area contributed by atoms with Gasteiger partial charge in [0, 0.05) is 44.3 Å². The number of benzene rings is 1. The number of methoxy groups -OCH3 is 1. The van der Waals surface area contributed by atoms with Gasteiger partial charge in [-0.05, 0) is 55.4 Å². The van der Waals surface area contributed by atoms with Crippen LogP contribution in [0, 0.1) is 5.41 Å². The van der Waals surface area contributed by atoms with Crippen molar-refractivity contribution in [3.05, 3.63) is 34.9 Å². The zero-order chi connectivity index (χ0) is 22.2. The predicted molar refractivity (Wildman–Crippen MR) is 109 cm³/mol. The van der Waals surface area contributed by atoms with Crippen molar-refractivity contribution >= 4 is 5.91 Å². The standard InChI is InChI=1S/C23H31F3N2O3/c1-22(8-5-18(12-22)27-19-7-10-31-14-20(19)30-2)21(29)28-9-6-15-3-4-17(23(24,25)26)11-16(15)13-28/h3-4,11,18-20,27H,5-10,12-14H2,1-2H3. The van der Waals surface area contributed by atoms with Crippen molar-refractivity contribution in [2.75, 3.05) is 26.9 Å². The first-order valence-corrected chi connectivity index (χ1v) is 11.0. The zero-order valence-corrected chi connectivity index (χ0v) is 18.1. The summed E-state index contributed by atoms with van der Waals surface area (Å²) in [5.41, 5.74) is 0.361. The summed E-state index contributed by atoms with van der Waals surface area (Å²) in [6, 6.07) is 4.32. The Bertz CT molecular complexity index is 816. The fraction of sp³-hybridized carbons (Fsp3) is 0.696. The van der Waals surface area contributed by atoms with Crippen LogP contribution < -0.4 is 5.32 Å². The summed E-state index contributed by atoms with van der Waals surface area (Å²) in [5, 5.41) is 3.67. The molecule has 4 unspecified atom stereocenters. The average Bonchev–Trinajstić information content (AvgIpc) is 3.14. The lowest BCUT2D eigenvalue weighted by atomic mass is 9.85. The van der Waals surface area contributed by atoms with Crippen molar-refractivity contribution in [1.82, 2.24) is 10.2 Å². The molecule has 0 spiro atoms. The summed E-state index contributed by atoms with van der Waals surface area (Å²) < 4.78 is 50.3. The van der Waals surface area contributed by atoms with Gasteiger partial charge in [0.2, 0.25) is 5.91 Å². The van der Waals surface area contributed by atoms with Crippen LogP contribution in [0.1, 0.15) is 49.3 Å². The Kier molecular flexibility index (Phi) is 6.34. The smallest absolute Gasteiger partial charge is 0.379 e. The minimum atomic E-state index is -4.37.